The van der Waals surface area contributed by atoms with Crippen molar-refractivity contribution in [2.24, 2.45) is 17.6 Å². The number of ether oxygens (including phenoxy) is 5. The highest BCUT2D eigenvalue weighted by atomic mass is 16.7. The number of rotatable bonds is 16. The van der Waals surface area contributed by atoms with Gasteiger partial charge in [-0.1, -0.05) is 0 Å². The van der Waals surface area contributed by atoms with Crippen molar-refractivity contribution in [1.82, 2.24) is 16.0 Å². The maximum atomic E-state index is 13.3. The predicted molar refractivity (Wildman–Crippen MR) is 162 cm³/mol. The number of cyclic esters (lactones) is 1. The summed E-state index contributed by atoms with van der Waals surface area (Å²) in [7, 11) is 2.92. The van der Waals surface area contributed by atoms with Crippen LogP contribution in [-0.2, 0) is 14.3 Å². The third kappa shape index (κ3) is 6.82. The fourth-order valence-electron chi connectivity index (χ4n) is 6.44. The molecule has 0 bridgehead atoms. The highest BCUT2D eigenvalue weighted by Gasteiger charge is 2.53. The maximum Gasteiger partial charge on any atom is 0.310 e. The minimum absolute atomic E-state index is 0.0889. The standard InChI is InChI=1S/C32H44N4O8/c1-40-25-13-19(14-26(41-2)31(25)38)28-20-15-23-24(44-18-43-23)16-21(20)30(22-17-42-32(39)29(22)28)36-27(37)7-5-11-34-9-3-4-10-35-12-6-8-33/h13-16,22,28-30,34-35,38H,3-12,17-18,33H2,1-2H3,(H,36,37)/t22-,28?,29-,30+/m0/s1. The molecule has 0 aromatic heterocycles. The van der Waals surface area contributed by atoms with Crippen LogP contribution in [0.25, 0.3) is 0 Å². The molecule has 1 saturated heterocycles. The molecule has 1 amide bonds. The Hall–Kier alpha value is -3.74. The summed E-state index contributed by atoms with van der Waals surface area (Å²) in [5, 5.41) is 20.6. The van der Waals surface area contributed by atoms with E-state index in [-0.39, 0.29) is 48.4 Å². The Morgan fingerprint density at radius 3 is 2.16 bits per heavy atom. The van der Waals surface area contributed by atoms with Crippen LogP contribution in [-0.4, -0.2) is 77.3 Å². The average molecular weight is 613 g/mol. The van der Waals surface area contributed by atoms with Crippen molar-refractivity contribution in [3.63, 3.8) is 0 Å². The zero-order chi connectivity index (χ0) is 31.1. The summed E-state index contributed by atoms with van der Waals surface area (Å²) in [6, 6.07) is 6.75. The second kappa shape index (κ2) is 14.8. The lowest BCUT2D eigenvalue weighted by atomic mass is 9.65. The Morgan fingerprint density at radius 2 is 1.52 bits per heavy atom. The van der Waals surface area contributed by atoms with Crippen LogP contribution in [0.5, 0.6) is 28.7 Å². The molecule has 2 aromatic rings. The smallest absolute Gasteiger partial charge is 0.310 e. The number of esters is 1. The number of phenolic OH excluding ortho intramolecular Hbond substituents is 1. The van der Waals surface area contributed by atoms with Gasteiger partial charge in [0.15, 0.2) is 23.0 Å². The van der Waals surface area contributed by atoms with Crippen LogP contribution in [0.1, 0.15) is 60.8 Å². The highest BCUT2D eigenvalue weighted by molar-refractivity contribution is 5.81. The number of carbonyl (C=O) groups is 2. The molecule has 12 heteroatoms. The second-order valence-corrected chi connectivity index (χ2v) is 11.4. The monoisotopic (exact) mass is 612 g/mol. The topological polar surface area (TPSA) is 163 Å². The van der Waals surface area contributed by atoms with Gasteiger partial charge in [-0.15, -0.1) is 0 Å². The number of methoxy groups -OCH3 is 2. The van der Waals surface area contributed by atoms with Crippen LogP contribution in [0.2, 0.25) is 0 Å². The molecule has 240 valence electrons. The van der Waals surface area contributed by atoms with E-state index in [9.17, 15) is 14.7 Å². The van der Waals surface area contributed by atoms with Gasteiger partial charge in [-0.25, -0.2) is 0 Å². The van der Waals surface area contributed by atoms with Crippen LogP contribution in [0.4, 0.5) is 0 Å². The molecule has 0 radical (unpaired) electrons. The van der Waals surface area contributed by atoms with Gasteiger partial charge in [0.25, 0.3) is 0 Å². The van der Waals surface area contributed by atoms with Gasteiger partial charge >= 0.3 is 5.97 Å². The van der Waals surface area contributed by atoms with E-state index in [1.54, 1.807) is 12.1 Å². The van der Waals surface area contributed by atoms with Crippen molar-refractivity contribution in [2.75, 3.05) is 60.3 Å². The van der Waals surface area contributed by atoms with E-state index in [1.807, 2.05) is 12.1 Å². The number of nitrogens with two attached hydrogens (primary N) is 1. The van der Waals surface area contributed by atoms with Crippen LogP contribution < -0.4 is 40.6 Å². The van der Waals surface area contributed by atoms with E-state index < -0.39 is 17.9 Å². The Kier molecular flexibility index (Phi) is 10.7. The number of fused-ring (bicyclic) bond motifs is 3. The Labute approximate surface area is 257 Å². The molecule has 0 saturated carbocycles. The molecule has 2 heterocycles. The summed E-state index contributed by atoms with van der Waals surface area (Å²) >= 11 is 0. The van der Waals surface area contributed by atoms with Gasteiger partial charge in [-0.3, -0.25) is 9.59 Å². The third-order valence-electron chi connectivity index (χ3n) is 8.64. The van der Waals surface area contributed by atoms with Gasteiger partial charge in [0.2, 0.25) is 18.4 Å². The maximum absolute atomic E-state index is 13.3. The van der Waals surface area contributed by atoms with E-state index in [1.165, 1.54) is 14.2 Å². The molecule has 12 nitrogen and oxygen atoms in total. The number of phenols is 1. The number of hydrogen-bond donors (Lipinski definition) is 5. The first-order valence-corrected chi connectivity index (χ1v) is 15.4. The fraction of sp³-hybridized carbons (Fsp3) is 0.562. The largest absolute Gasteiger partial charge is 0.502 e. The molecule has 1 aliphatic carbocycles. The molecule has 2 aromatic carbocycles. The zero-order valence-electron chi connectivity index (χ0n) is 25.5. The lowest BCUT2D eigenvalue weighted by Crippen LogP contribution is -2.42. The van der Waals surface area contributed by atoms with Crippen molar-refractivity contribution >= 4 is 11.9 Å². The molecule has 5 rings (SSSR count). The van der Waals surface area contributed by atoms with E-state index in [0.29, 0.717) is 36.4 Å². The Balaban J connectivity index is 1.30. The third-order valence-corrected chi connectivity index (χ3v) is 8.64. The van der Waals surface area contributed by atoms with E-state index >= 15 is 0 Å². The van der Waals surface area contributed by atoms with Gasteiger partial charge in [-0.05, 0) is 99.4 Å². The van der Waals surface area contributed by atoms with Gasteiger partial charge in [0.05, 0.1) is 32.8 Å². The van der Waals surface area contributed by atoms with Crippen LogP contribution >= 0.6 is 0 Å². The quantitative estimate of drug-likeness (QED) is 0.140. The fourth-order valence-corrected chi connectivity index (χ4v) is 6.44. The highest BCUT2D eigenvalue weighted by Crippen LogP contribution is 2.55. The summed E-state index contributed by atoms with van der Waals surface area (Å²) < 4.78 is 27.9. The predicted octanol–water partition coefficient (Wildman–Crippen LogP) is 2.32. The van der Waals surface area contributed by atoms with Crippen LogP contribution in [0.3, 0.4) is 0 Å². The van der Waals surface area contributed by atoms with E-state index in [4.69, 9.17) is 29.4 Å². The molecular formula is C32H44N4O8. The minimum Gasteiger partial charge on any atom is -0.502 e. The summed E-state index contributed by atoms with van der Waals surface area (Å²) in [5.74, 6) is -0.298. The summed E-state index contributed by atoms with van der Waals surface area (Å²) in [6.45, 7) is 4.56. The molecule has 44 heavy (non-hydrogen) atoms. The molecular weight excluding hydrogens is 568 g/mol. The summed E-state index contributed by atoms with van der Waals surface area (Å²) in [5.41, 5.74) is 7.88. The molecule has 4 atom stereocenters. The van der Waals surface area contributed by atoms with Crippen molar-refractivity contribution < 1.29 is 38.4 Å². The average Bonchev–Trinajstić information content (AvgIpc) is 3.65. The van der Waals surface area contributed by atoms with Crippen molar-refractivity contribution in [3.05, 3.63) is 41.0 Å². The number of amides is 1. The first kappa shape index (κ1) is 31.7. The van der Waals surface area contributed by atoms with Crippen molar-refractivity contribution in [2.45, 2.75) is 44.1 Å². The molecule has 6 N–H and O–H groups in total. The van der Waals surface area contributed by atoms with Gasteiger partial charge in [-0.2, -0.15) is 0 Å². The molecule has 1 unspecified atom stereocenters. The SMILES string of the molecule is COc1cc(C2c3cc4c(cc3[C@@H](NC(=O)CCCNCCCCNCCCN)[C@H]3COC(=O)[C@H]23)OCO4)cc(OC)c1O. The number of unbranched alkanes of at least 4 members (excludes halogenated alkanes) is 1. The molecule has 3 aliphatic rings. The van der Waals surface area contributed by atoms with Crippen LogP contribution in [0, 0.1) is 11.8 Å². The number of aromatic hydroxyl groups is 1. The zero-order valence-corrected chi connectivity index (χ0v) is 25.5. The number of carbonyl (C=O) groups excluding carboxylic acids is 2. The van der Waals surface area contributed by atoms with Crippen molar-refractivity contribution in [3.8, 4) is 28.7 Å². The van der Waals surface area contributed by atoms with Gasteiger partial charge in [0.1, 0.15) is 0 Å². The first-order valence-electron chi connectivity index (χ1n) is 15.4. The molecule has 1 fully saturated rings. The van der Waals surface area contributed by atoms with Crippen LogP contribution in [0.15, 0.2) is 24.3 Å². The Morgan fingerprint density at radius 1 is 0.909 bits per heavy atom. The number of benzene rings is 2. The lowest BCUT2D eigenvalue weighted by Gasteiger charge is -2.39. The first-order chi connectivity index (χ1) is 21.5. The lowest BCUT2D eigenvalue weighted by molar-refractivity contribution is -0.141. The molecule has 2 aliphatic heterocycles. The summed E-state index contributed by atoms with van der Waals surface area (Å²) in [6.07, 6.45) is 4.19. The second-order valence-electron chi connectivity index (χ2n) is 11.4. The van der Waals surface area contributed by atoms with E-state index in [0.717, 1.165) is 56.6 Å². The Bertz CT molecular complexity index is 1300. The van der Waals surface area contributed by atoms with Crippen molar-refractivity contribution in [1.29, 1.82) is 0 Å². The minimum atomic E-state index is -0.585. The van der Waals surface area contributed by atoms with Gasteiger partial charge in [0, 0.05) is 18.3 Å². The normalized spacial score (nSPS) is 21.4. The molecule has 0 spiro atoms. The van der Waals surface area contributed by atoms with Gasteiger partial charge < -0.3 is 50.5 Å². The number of hydrogen-bond acceptors (Lipinski definition) is 11. The summed E-state index contributed by atoms with van der Waals surface area (Å²) in [4.78, 5) is 26.6. The number of nitrogens with one attached hydrogen (secondary N) is 3. The van der Waals surface area contributed by atoms with E-state index in [2.05, 4.69) is 16.0 Å².